The van der Waals surface area contributed by atoms with Gasteiger partial charge in [-0.3, -0.25) is 4.99 Å². The van der Waals surface area contributed by atoms with Gasteiger partial charge in [-0.2, -0.15) is 0 Å². The molecule has 0 radical (unpaired) electrons. The minimum Gasteiger partial charge on any atom is -0.374 e. The van der Waals surface area contributed by atoms with E-state index in [-0.39, 0.29) is 0 Å². The molecule has 1 aliphatic rings. The molecule has 2 heterocycles. The molecule has 2 N–H and O–H groups in total. The maximum atomic E-state index is 4.59. The molecule has 0 spiro atoms. The van der Waals surface area contributed by atoms with Crippen LogP contribution >= 0.6 is 0 Å². The second-order valence-corrected chi connectivity index (χ2v) is 5.66. The van der Waals surface area contributed by atoms with E-state index < -0.39 is 0 Å². The number of aromatic amines is 1. The van der Waals surface area contributed by atoms with Crippen molar-refractivity contribution in [1.82, 2.24) is 15.3 Å². The predicted octanol–water partition coefficient (Wildman–Crippen LogP) is 4.96. The Hall–Kier alpha value is -2.62. The van der Waals surface area contributed by atoms with Crippen molar-refractivity contribution in [2.24, 2.45) is 4.99 Å². The Bertz CT molecular complexity index is 784. The van der Waals surface area contributed by atoms with Gasteiger partial charge in [-0.1, -0.05) is 50.2 Å². The van der Waals surface area contributed by atoms with Crippen LogP contribution in [0, 0.1) is 6.92 Å². The van der Waals surface area contributed by atoms with Crippen molar-refractivity contribution >= 4 is 16.9 Å². The topological polar surface area (TPSA) is 53.1 Å². The Balaban J connectivity index is 0.000000211. The first kappa shape index (κ1) is 18.7. The van der Waals surface area contributed by atoms with Gasteiger partial charge in [-0.25, -0.2) is 4.98 Å². The molecule has 0 bridgehead atoms. The molecule has 0 amide bonds. The monoisotopic (exact) mass is 336 g/mol. The quantitative estimate of drug-likeness (QED) is 0.660. The predicted molar refractivity (Wildman–Crippen MR) is 108 cm³/mol. The molecule has 132 valence electrons. The molecule has 3 aromatic rings. The molecule has 1 aromatic heterocycles. The summed E-state index contributed by atoms with van der Waals surface area (Å²) in [4.78, 5) is 12.1. The van der Waals surface area contributed by atoms with Crippen LogP contribution in [0.1, 0.15) is 32.8 Å². The number of rotatable bonds is 1. The summed E-state index contributed by atoms with van der Waals surface area (Å²) in [5, 5.41) is 3.13. The number of amidine groups is 1. The molecule has 4 nitrogen and oxygen atoms in total. The summed E-state index contributed by atoms with van der Waals surface area (Å²) in [6.45, 7) is 10.2. The van der Waals surface area contributed by atoms with E-state index in [0.29, 0.717) is 0 Å². The maximum Gasteiger partial charge on any atom is 0.138 e. The van der Waals surface area contributed by atoms with E-state index in [2.05, 4.69) is 39.3 Å². The molecule has 2 aromatic carbocycles. The number of aryl methyl sites for hydroxylation is 1. The summed E-state index contributed by atoms with van der Waals surface area (Å²) in [6.07, 6.45) is 1.19. The highest BCUT2D eigenvalue weighted by Gasteiger charge is 2.06. The van der Waals surface area contributed by atoms with Crippen LogP contribution < -0.4 is 5.32 Å². The summed E-state index contributed by atoms with van der Waals surface area (Å²) in [5.74, 6) is 2.03. The number of H-pyrrole nitrogens is 1. The van der Waals surface area contributed by atoms with E-state index in [1.807, 2.05) is 57.2 Å². The van der Waals surface area contributed by atoms with E-state index in [0.717, 1.165) is 35.8 Å². The highest BCUT2D eigenvalue weighted by molar-refractivity contribution is 5.80. The number of benzene rings is 2. The second kappa shape index (κ2) is 9.62. The first-order valence-electron chi connectivity index (χ1n) is 9.00. The molecule has 4 rings (SSSR count). The molecule has 0 fully saturated rings. The van der Waals surface area contributed by atoms with Gasteiger partial charge in [0.05, 0.1) is 16.9 Å². The molecule has 4 heteroatoms. The van der Waals surface area contributed by atoms with Crippen LogP contribution in [0.5, 0.6) is 0 Å². The van der Waals surface area contributed by atoms with Crippen LogP contribution in [0.4, 0.5) is 0 Å². The number of aliphatic imine (C=N–C) groups is 1. The Labute approximate surface area is 150 Å². The number of imidazole rings is 1. The lowest BCUT2D eigenvalue weighted by atomic mass is 10.1. The standard InChI is InChI=1S/C14H12N2.C5H10N2.C2H6/c1-10-6-2-3-7-11(10)14-15-12-8-4-5-9-13(12)16-14;1-5-6-3-2-4-7-5;1-2/h2-9H,1H3,(H,15,16);2-4H2,1H3,(H,6,7);1-2H3. The lowest BCUT2D eigenvalue weighted by molar-refractivity contribution is 0.739. The van der Waals surface area contributed by atoms with Gasteiger partial charge in [-0.15, -0.1) is 0 Å². The lowest BCUT2D eigenvalue weighted by Crippen LogP contribution is -2.26. The molecule has 0 aliphatic carbocycles. The van der Waals surface area contributed by atoms with Gasteiger partial charge in [0, 0.05) is 18.7 Å². The average Bonchev–Trinajstić information content (AvgIpc) is 3.09. The molecule has 25 heavy (non-hydrogen) atoms. The summed E-state index contributed by atoms with van der Waals surface area (Å²) in [5.41, 5.74) is 4.50. The third-order valence-electron chi connectivity index (χ3n) is 3.85. The number of hydrogen-bond donors (Lipinski definition) is 2. The minimum atomic E-state index is 0.944. The highest BCUT2D eigenvalue weighted by atomic mass is 15.0. The number of fused-ring (bicyclic) bond motifs is 1. The number of nitrogens with one attached hydrogen (secondary N) is 2. The SMILES string of the molecule is CC.CC1=NCCCN1.Cc1ccccc1-c1nc2ccccc2[nH]1. The number of para-hydroxylation sites is 2. The summed E-state index contributed by atoms with van der Waals surface area (Å²) in [6, 6.07) is 16.4. The van der Waals surface area contributed by atoms with Crippen molar-refractivity contribution in [2.45, 2.75) is 34.1 Å². The van der Waals surface area contributed by atoms with E-state index in [4.69, 9.17) is 0 Å². The normalized spacial score (nSPS) is 12.9. The number of hydrogen-bond acceptors (Lipinski definition) is 3. The zero-order valence-corrected chi connectivity index (χ0v) is 15.6. The molecule has 1 aliphatic heterocycles. The molecule has 0 unspecified atom stereocenters. The van der Waals surface area contributed by atoms with Gasteiger partial charge in [0.2, 0.25) is 0 Å². The molecular formula is C21H28N4. The fraction of sp³-hybridized carbons (Fsp3) is 0.333. The number of aromatic nitrogens is 2. The van der Waals surface area contributed by atoms with E-state index in [1.54, 1.807) is 0 Å². The second-order valence-electron chi connectivity index (χ2n) is 5.66. The van der Waals surface area contributed by atoms with Gasteiger partial charge in [0.1, 0.15) is 5.82 Å². The Kier molecular flexibility index (Phi) is 7.20. The fourth-order valence-corrected chi connectivity index (χ4v) is 2.57. The zero-order chi connectivity index (χ0) is 18.1. The zero-order valence-electron chi connectivity index (χ0n) is 15.6. The minimum absolute atomic E-state index is 0.944. The van der Waals surface area contributed by atoms with E-state index in [1.165, 1.54) is 17.5 Å². The van der Waals surface area contributed by atoms with Gasteiger partial charge in [0.25, 0.3) is 0 Å². The third-order valence-corrected chi connectivity index (χ3v) is 3.85. The Morgan fingerprint density at radius 3 is 2.24 bits per heavy atom. The third kappa shape index (κ3) is 5.18. The Morgan fingerprint density at radius 1 is 0.920 bits per heavy atom. The van der Waals surface area contributed by atoms with Crippen molar-refractivity contribution in [3.05, 3.63) is 54.1 Å². The van der Waals surface area contributed by atoms with Crippen LogP contribution in [-0.2, 0) is 0 Å². The lowest BCUT2D eigenvalue weighted by Gasteiger charge is -2.08. The van der Waals surface area contributed by atoms with Crippen molar-refractivity contribution in [2.75, 3.05) is 13.1 Å². The first-order chi connectivity index (χ1) is 12.2. The van der Waals surface area contributed by atoms with Crippen LogP contribution in [0.15, 0.2) is 53.5 Å². The van der Waals surface area contributed by atoms with Gasteiger partial charge in [-0.05, 0) is 38.0 Å². The maximum absolute atomic E-state index is 4.59. The van der Waals surface area contributed by atoms with Crippen LogP contribution in [0.25, 0.3) is 22.4 Å². The van der Waals surface area contributed by atoms with E-state index >= 15 is 0 Å². The van der Waals surface area contributed by atoms with Crippen molar-refractivity contribution in [3.8, 4) is 11.4 Å². The largest absolute Gasteiger partial charge is 0.374 e. The van der Waals surface area contributed by atoms with Gasteiger partial charge < -0.3 is 10.3 Å². The summed E-state index contributed by atoms with van der Waals surface area (Å²) in [7, 11) is 0. The molecule has 0 atom stereocenters. The highest BCUT2D eigenvalue weighted by Crippen LogP contribution is 2.22. The van der Waals surface area contributed by atoms with Crippen molar-refractivity contribution in [1.29, 1.82) is 0 Å². The Morgan fingerprint density at radius 2 is 1.64 bits per heavy atom. The fourth-order valence-electron chi connectivity index (χ4n) is 2.57. The summed E-state index contributed by atoms with van der Waals surface area (Å²) >= 11 is 0. The van der Waals surface area contributed by atoms with Crippen molar-refractivity contribution < 1.29 is 0 Å². The number of nitrogens with zero attached hydrogens (tertiary/aromatic N) is 2. The van der Waals surface area contributed by atoms with Crippen LogP contribution in [0.2, 0.25) is 0 Å². The molecule has 0 saturated heterocycles. The average molecular weight is 336 g/mol. The first-order valence-corrected chi connectivity index (χ1v) is 9.00. The molecule has 0 saturated carbocycles. The van der Waals surface area contributed by atoms with Crippen molar-refractivity contribution in [3.63, 3.8) is 0 Å². The van der Waals surface area contributed by atoms with E-state index in [9.17, 15) is 0 Å². The van der Waals surface area contributed by atoms with Gasteiger partial charge >= 0.3 is 0 Å². The summed E-state index contributed by atoms with van der Waals surface area (Å²) < 4.78 is 0. The van der Waals surface area contributed by atoms with Crippen LogP contribution in [-0.4, -0.2) is 28.9 Å². The van der Waals surface area contributed by atoms with Gasteiger partial charge in [0.15, 0.2) is 0 Å². The smallest absolute Gasteiger partial charge is 0.138 e. The molecular weight excluding hydrogens is 308 g/mol. The van der Waals surface area contributed by atoms with Crippen LogP contribution in [0.3, 0.4) is 0 Å².